The molecule has 0 unspecified atom stereocenters. The largest absolute Gasteiger partial charge is 0.458 e. The minimum absolute atomic E-state index is 0.355. The van der Waals surface area contributed by atoms with Crippen molar-refractivity contribution in [1.82, 2.24) is 4.98 Å². The van der Waals surface area contributed by atoms with Crippen LogP contribution in [-0.2, 0) is 4.74 Å². The lowest BCUT2D eigenvalue weighted by atomic mass is 10.1. The SMILES string of the molecule is O=C(OCC(F)(C(F)(F)F)C(F)(F)F)c1ccncc1. The number of aromatic nitrogens is 1. The van der Waals surface area contributed by atoms with Gasteiger partial charge in [0, 0.05) is 12.4 Å². The Morgan fingerprint density at radius 1 is 1.00 bits per heavy atom. The first kappa shape index (κ1) is 16.2. The Bertz CT molecular complexity index is 455. The molecular formula is C10H6F7NO2. The van der Waals surface area contributed by atoms with Gasteiger partial charge in [0.25, 0.3) is 0 Å². The predicted molar refractivity (Wildman–Crippen MR) is 50.5 cm³/mol. The summed E-state index contributed by atoms with van der Waals surface area (Å²) in [4.78, 5) is 14.7. The number of halogens is 7. The minimum atomic E-state index is -6.26. The van der Waals surface area contributed by atoms with E-state index in [1.807, 2.05) is 0 Å². The Morgan fingerprint density at radius 3 is 1.85 bits per heavy atom. The summed E-state index contributed by atoms with van der Waals surface area (Å²) in [6.07, 6.45) is -10.4. The van der Waals surface area contributed by atoms with Crippen LogP contribution in [0.15, 0.2) is 24.5 Å². The zero-order valence-corrected chi connectivity index (χ0v) is 9.43. The second kappa shape index (κ2) is 5.25. The first-order valence-corrected chi connectivity index (χ1v) is 4.88. The fourth-order valence-corrected chi connectivity index (χ4v) is 1.06. The molecule has 1 aromatic heterocycles. The lowest BCUT2D eigenvalue weighted by Gasteiger charge is -2.29. The van der Waals surface area contributed by atoms with Crippen LogP contribution < -0.4 is 0 Å². The van der Waals surface area contributed by atoms with Crippen molar-refractivity contribution in [3.63, 3.8) is 0 Å². The van der Waals surface area contributed by atoms with Gasteiger partial charge >= 0.3 is 24.0 Å². The smallest absolute Gasteiger partial charge is 0.435 e. The molecule has 0 saturated carbocycles. The minimum Gasteiger partial charge on any atom is -0.458 e. The van der Waals surface area contributed by atoms with Gasteiger partial charge in [-0.2, -0.15) is 26.3 Å². The summed E-state index contributed by atoms with van der Waals surface area (Å²) >= 11 is 0. The van der Waals surface area contributed by atoms with Gasteiger partial charge in [0.2, 0.25) is 0 Å². The van der Waals surface area contributed by atoms with E-state index in [2.05, 4.69) is 9.72 Å². The summed E-state index contributed by atoms with van der Waals surface area (Å²) in [5.74, 6) is -1.53. The Hall–Kier alpha value is -1.87. The molecule has 0 aromatic carbocycles. The van der Waals surface area contributed by atoms with Crippen molar-refractivity contribution in [1.29, 1.82) is 0 Å². The second-order valence-corrected chi connectivity index (χ2v) is 3.61. The zero-order chi connectivity index (χ0) is 15.6. The third-order valence-corrected chi connectivity index (χ3v) is 2.22. The molecular weight excluding hydrogens is 299 g/mol. The van der Waals surface area contributed by atoms with E-state index >= 15 is 0 Å². The van der Waals surface area contributed by atoms with Crippen LogP contribution in [0, 0.1) is 0 Å². The molecule has 0 fully saturated rings. The molecule has 10 heteroatoms. The van der Waals surface area contributed by atoms with Gasteiger partial charge in [-0.25, -0.2) is 9.18 Å². The summed E-state index contributed by atoms with van der Waals surface area (Å²) in [6.45, 7) is -2.51. The number of carbonyl (C=O) groups is 1. The van der Waals surface area contributed by atoms with Crippen molar-refractivity contribution in [3.8, 4) is 0 Å². The molecule has 0 N–H and O–H groups in total. The van der Waals surface area contributed by atoms with E-state index < -0.39 is 30.6 Å². The molecule has 1 heterocycles. The molecule has 1 aromatic rings. The van der Waals surface area contributed by atoms with Gasteiger partial charge in [-0.1, -0.05) is 0 Å². The highest BCUT2D eigenvalue weighted by molar-refractivity contribution is 5.89. The monoisotopic (exact) mass is 305 g/mol. The van der Waals surface area contributed by atoms with Crippen molar-refractivity contribution in [2.24, 2.45) is 0 Å². The number of hydrogen-bond acceptors (Lipinski definition) is 3. The number of carbonyl (C=O) groups excluding carboxylic acids is 1. The summed E-state index contributed by atoms with van der Waals surface area (Å²) < 4.78 is 89.8. The van der Waals surface area contributed by atoms with Gasteiger partial charge < -0.3 is 4.74 Å². The number of pyridine rings is 1. The lowest BCUT2D eigenvalue weighted by Crippen LogP contribution is -2.56. The molecule has 0 saturated heterocycles. The lowest BCUT2D eigenvalue weighted by molar-refractivity contribution is -0.348. The molecule has 0 bridgehead atoms. The molecule has 1 rings (SSSR count). The van der Waals surface area contributed by atoms with Gasteiger partial charge in [-0.3, -0.25) is 4.98 Å². The standard InChI is InChI=1S/C10H6F7NO2/c11-8(9(12,13)14,10(15,16)17)5-20-7(19)6-1-3-18-4-2-6/h1-4H,5H2. The molecule has 112 valence electrons. The zero-order valence-electron chi connectivity index (χ0n) is 9.43. The third kappa shape index (κ3) is 3.17. The highest BCUT2D eigenvalue weighted by Gasteiger charge is 2.73. The number of nitrogens with zero attached hydrogens (tertiary/aromatic N) is 1. The van der Waals surface area contributed by atoms with Crippen LogP contribution in [0.3, 0.4) is 0 Å². The summed E-state index contributed by atoms with van der Waals surface area (Å²) in [7, 11) is 0. The van der Waals surface area contributed by atoms with Crippen LogP contribution in [0.1, 0.15) is 10.4 Å². The number of esters is 1. The number of hydrogen-bond donors (Lipinski definition) is 0. The van der Waals surface area contributed by atoms with E-state index in [0.29, 0.717) is 0 Å². The molecule has 0 spiro atoms. The van der Waals surface area contributed by atoms with Crippen LogP contribution in [0.2, 0.25) is 0 Å². The van der Waals surface area contributed by atoms with Crippen LogP contribution in [0.4, 0.5) is 30.7 Å². The Balaban J connectivity index is 2.87. The Morgan fingerprint density at radius 2 is 1.45 bits per heavy atom. The maximum absolute atomic E-state index is 13.1. The van der Waals surface area contributed by atoms with Crippen molar-refractivity contribution in [2.75, 3.05) is 6.61 Å². The third-order valence-electron chi connectivity index (χ3n) is 2.22. The summed E-state index contributed by atoms with van der Waals surface area (Å²) in [5.41, 5.74) is -5.98. The normalized spacial score (nSPS) is 13.2. The molecule has 0 atom stereocenters. The van der Waals surface area contributed by atoms with Crippen molar-refractivity contribution >= 4 is 5.97 Å². The van der Waals surface area contributed by atoms with Gasteiger partial charge in [0.15, 0.2) is 0 Å². The van der Waals surface area contributed by atoms with E-state index in [4.69, 9.17) is 0 Å². The Kier molecular flexibility index (Phi) is 4.25. The van der Waals surface area contributed by atoms with E-state index in [1.54, 1.807) is 0 Å². The van der Waals surface area contributed by atoms with E-state index in [1.165, 1.54) is 0 Å². The van der Waals surface area contributed by atoms with Crippen LogP contribution in [0.25, 0.3) is 0 Å². The van der Waals surface area contributed by atoms with Crippen LogP contribution in [-0.4, -0.2) is 35.6 Å². The Labute approximate surface area is 107 Å². The second-order valence-electron chi connectivity index (χ2n) is 3.61. The fraction of sp³-hybridized carbons (Fsp3) is 0.400. The first-order chi connectivity index (χ1) is 8.99. The molecule has 0 aliphatic carbocycles. The van der Waals surface area contributed by atoms with Crippen molar-refractivity contribution < 1.29 is 40.3 Å². The number of alkyl halides is 7. The average molecular weight is 305 g/mol. The van der Waals surface area contributed by atoms with Crippen LogP contribution >= 0.6 is 0 Å². The number of ether oxygens (including phenoxy) is 1. The first-order valence-electron chi connectivity index (χ1n) is 4.88. The van der Waals surface area contributed by atoms with E-state index in [0.717, 1.165) is 24.5 Å². The topological polar surface area (TPSA) is 39.2 Å². The summed E-state index contributed by atoms with van der Waals surface area (Å²) in [5, 5.41) is 0. The van der Waals surface area contributed by atoms with E-state index in [-0.39, 0.29) is 5.56 Å². The highest BCUT2D eigenvalue weighted by Crippen LogP contribution is 2.46. The van der Waals surface area contributed by atoms with Gasteiger partial charge in [-0.05, 0) is 12.1 Å². The molecule has 3 nitrogen and oxygen atoms in total. The fourth-order valence-electron chi connectivity index (χ4n) is 1.06. The quantitative estimate of drug-likeness (QED) is 0.636. The molecule has 0 radical (unpaired) electrons. The molecule has 20 heavy (non-hydrogen) atoms. The highest BCUT2D eigenvalue weighted by atomic mass is 19.4. The van der Waals surface area contributed by atoms with Crippen molar-refractivity contribution in [2.45, 2.75) is 18.0 Å². The van der Waals surface area contributed by atoms with Crippen LogP contribution in [0.5, 0.6) is 0 Å². The van der Waals surface area contributed by atoms with Crippen molar-refractivity contribution in [3.05, 3.63) is 30.1 Å². The van der Waals surface area contributed by atoms with E-state index in [9.17, 15) is 35.5 Å². The number of rotatable bonds is 3. The van der Waals surface area contributed by atoms with Gasteiger partial charge in [0.05, 0.1) is 5.56 Å². The molecule has 0 amide bonds. The maximum atomic E-state index is 13.1. The maximum Gasteiger partial charge on any atom is 0.435 e. The average Bonchev–Trinajstić information content (AvgIpc) is 2.33. The predicted octanol–water partition coefficient (Wildman–Crippen LogP) is 3.07. The summed E-state index contributed by atoms with van der Waals surface area (Å²) in [6, 6.07) is 1.98. The molecule has 0 aliphatic heterocycles. The molecule has 0 aliphatic rings. The van der Waals surface area contributed by atoms with Gasteiger partial charge in [-0.15, -0.1) is 0 Å². The van der Waals surface area contributed by atoms with Gasteiger partial charge in [0.1, 0.15) is 6.61 Å².